The van der Waals surface area contributed by atoms with Crippen LogP contribution in [0.15, 0.2) is 36.5 Å². The fourth-order valence-corrected chi connectivity index (χ4v) is 2.97. The van der Waals surface area contributed by atoms with Crippen molar-refractivity contribution in [1.29, 1.82) is 0 Å². The third-order valence-corrected chi connectivity index (χ3v) is 4.35. The number of hydrogen-bond donors (Lipinski definition) is 4. The number of aromatic nitrogens is 3. The maximum Gasteiger partial charge on any atom is 0.320 e. The average molecular weight is 384 g/mol. The van der Waals surface area contributed by atoms with Crippen molar-refractivity contribution in [1.82, 2.24) is 20.5 Å². The van der Waals surface area contributed by atoms with Crippen LogP contribution in [-0.2, 0) is 0 Å². The highest BCUT2D eigenvalue weighted by Gasteiger charge is 2.30. The number of carbonyl (C=O) groups excluding carboxylic acids is 1. The van der Waals surface area contributed by atoms with Crippen molar-refractivity contribution in [2.75, 3.05) is 5.32 Å². The zero-order valence-electron chi connectivity index (χ0n) is 16.2. The van der Waals surface area contributed by atoms with Crippen LogP contribution in [0.5, 0.6) is 0 Å². The quantitative estimate of drug-likeness (QED) is 0.539. The zero-order chi connectivity index (χ0) is 20.5. The van der Waals surface area contributed by atoms with E-state index in [1.54, 1.807) is 26.1 Å². The van der Waals surface area contributed by atoms with Crippen LogP contribution in [0.3, 0.4) is 0 Å². The molecule has 8 heteroatoms. The summed E-state index contributed by atoms with van der Waals surface area (Å²) in [6.45, 7) is 7.06. The topological polar surface area (TPSA) is 103 Å². The lowest BCUT2D eigenvalue weighted by atomic mass is 9.92. The second-order valence-electron chi connectivity index (χ2n) is 7.42. The molecule has 3 rings (SSSR count). The fourth-order valence-electron chi connectivity index (χ4n) is 2.97. The van der Waals surface area contributed by atoms with Gasteiger partial charge in [0.05, 0.1) is 22.9 Å². The molecular weight excluding hydrogens is 361 g/mol. The molecule has 147 valence electrons. The first-order chi connectivity index (χ1) is 13.1. The number of pyridine rings is 1. The summed E-state index contributed by atoms with van der Waals surface area (Å²) < 4.78 is 13.2. The Morgan fingerprint density at radius 2 is 1.93 bits per heavy atom. The molecule has 1 radical (unpaired) electrons. The number of amides is 2. The summed E-state index contributed by atoms with van der Waals surface area (Å²) in [6.07, 6.45) is 1.64. The van der Waals surface area contributed by atoms with Gasteiger partial charge in [-0.15, -0.1) is 0 Å². The summed E-state index contributed by atoms with van der Waals surface area (Å²) in [5.74, 6) is 1.00. The highest BCUT2D eigenvalue weighted by Crippen LogP contribution is 2.26. The van der Waals surface area contributed by atoms with Crippen molar-refractivity contribution < 1.29 is 14.3 Å². The van der Waals surface area contributed by atoms with E-state index >= 15 is 0 Å². The second-order valence-corrected chi connectivity index (χ2v) is 7.42. The number of halogens is 1. The van der Waals surface area contributed by atoms with E-state index in [1.165, 1.54) is 24.3 Å². The third-order valence-electron chi connectivity index (χ3n) is 4.35. The van der Waals surface area contributed by atoms with Crippen molar-refractivity contribution in [2.45, 2.75) is 39.3 Å². The molecule has 1 aromatic carbocycles. The summed E-state index contributed by atoms with van der Waals surface area (Å²) in [6, 6.07) is 6.02. The van der Waals surface area contributed by atoms with Crippen molar-refractivity contribution in [3.63, 3.8) is 0 Å². The van der Waals surface area contributed by atoms with Crippen molar-refractivity contribution in [2.24, 2.45) is 0 Å². The largest absolute Gasteiger partial charge is 0.388 e. The lowest BCUT2D eigenvalue weighted by molar-refractivity contribution is 0.0415. The number of benzene rings is 1. The Labute approximate surface area is 162 Å². The number of aliphatic hydroxyl groups is 1. The lowest BCUT2D eigenvalue weighted by Gasteiger charge is -2.30. The van der Waals surface area contributed by atoms with Gasteiger partial charge in [-0.05, 0) is 31.5 Å². The zero-order valence-corrected chi connectivity index (χ0v) is 16.2. The Morgan fingerprint density at radius 3 is 2.54 bits per heavy atom. The summed E-state index contributed by atoms with van der Waals surface area (Å²) in [7, 11) is 0. The highest BCUT2D eigenvalue weighted by atomic mass is 19.1. The Bertz CT molecular complexity index is 976. The van der Waals surface area contributed by atoms with E-state index in [4.69, 9.17) is 0 Å². The van der Waals surface area contributed by atoms with Crippen LogP contribution in [0.4, 0.5) is 15.0 Å². The SMILES string of the molecule is C[C](C)c1n[nH]c2cc(NC(=O)N[C@@H](c3ccc(F)cc3)C(C)(C)O)ncc12. The van der Waals surface area contributed by atoms with Crippen LogP contribution < -0.4 is 10.6 Å². The van der Waals surface area contributed by atoms with Gasteiger partial charge >= 0.3 is 6.03 Å². The summed E-state index contributed by atoms with van der Waals surface area (Å²) in [5.41, 5.74) is 0.898. The van der Waals surface area contributed by atoms with Crippen LogP contribution >= 0.6 is 0 Å². The second kappa shape index (κ2) is 7.55. The molecule has 1 atom stereocenters. The molecule has 0 spiro atoms. The third kappa shape index (κ3) is 4.28. The minimum absolute atomic E-state index is 0.336. The van der Waals surface area contributed by atoms with Crippen LogP contribution in [0.25, 0.3) is 10.9 Å². The monoisotopic (exact) mass is 384 g/mol. The number of nitrogens with one attached hydrogen (secondary N) is 3. The molecule has 2 heterocycles. The van der Waals surface area contributed by atoms with E-state index in [2.05, 4.69) is 25.8 Å². The number of aromatic amines is 1. The average Bonchev–Trinajstić information content (AvgIpc) is 3.03. The number of H-pyrrole nitrogens is 1. The minimum Gasteiger partial charge on any atom is -0.388 e. The van der Waals surface area contributed by atoms with Gasteiger partial charge in [0.2, 0.25) is 0 Å². The van der Waals surface area contributed by atoms with Crippen molar-refractivity contribution in [3.05, 3.63) is 59.5 Å². The molecule has 0 fully saturated rings. The first-order valence-corrected chi connectivity index (χ1v) is 8.85. The number of hydrogen-bond acceptors (Lipinski definition) is 4. The molecule has 0 bridgehead atoms. The standard InChI is InChI=1S/C20H23FN5O2/c1-11(2)17-14-10-22-16(9-15(14)25-26-17)23-19(27)24-18(20(3,4)28)12-5-7-13(21)8-6-12/h5-10,18,28H,1-4H3,(H,25,26)(H2,22,23,24,27)/t18-/m0/s1. The van der Waals surface area contributed by atoms with Gasteiger partial charge in [0.15, 0.2) is 0 Å². The van der Waals surface area contributed by atoms with Crippen LogP contribution in [0.2, 0.25) is 0 Å². The highest BCUT2D eigenvalue weighted by molar-refractivity contribution is 5.91. The molecule has 0 aliphatic rings. The van der Waals surface area contributed by atoms with Crippen LogP contribution in [-0.4, -0.2) is 31.9 Å². The molecule has 0 saturated carbocycles. The van der Waals surface area contributed by atoms with Crippen molar-refractivity contribution >= 4 is 22.8 Å². The minimum atomic E-state index is -1.26. The predicted molar refractivity (Wildman–Crippen MR) is 105 cm³/mol. The summed E-state index contributed by atoms with van der Waals surface area (Å²) in [4.78, 5) is 16.7. The molecule has 0 saturated heterocycles. The van der Waals surface area contributed by atoms with Crippen molar-refractivity contribution in [3.8, 4) is 0 Å². The Morgan fingerprint density at radius 1 is 1.25 bits per heavy atom. The molecule has 4 N–H and O–H groups in total. The number of carbonyl (C=O) groups is 1. The molecule has 0 unspecified atom stereocenters. The molecule has 0 aliphatic heterocycles. The number of nitrogens with zero attached hydrogens (tertiary/aromatic N) is 2. The predicted octanol–water partition coefficient (Wildman–Crippen LogP) is 3.69. The molecule has 2 amide bonds. The normalized spacial score (nSPS) is 13.0. The maximum absolute atomic E-state index is 13.2. The number of anilines is 1. The van der Waals surface area contributed by atoms with E-state index in [-0.39, 0.29) is 0 Å². The smallest absolute Gasteiger partial charge is 0.320 e. The maximum atomic E-state index is 13.2. The van der Waals surface area contributed by atoms with Gasteiger partial charge in [-0.2, -0.15) is 5.10 Å². The molecule has 3 aromatic rings. The molecule has 28 heavy (non-hydrogen) atoms. The van der Waals surface area contributed by atoms with Gasteiger partial charge in [-0.1, -0.05) is 26.0 Å². The van der Waals surface area contributed by atoms with Gasteiger partial charge in [-0.25, -0.2) is 14.2 Å². The van der Waals surface area contributed by atoms with Gasteiger partial charge < -0.3 is 10.4 Å². The van der Waals surface area contributed by atoms with E-state index in [1.807, 2.05) is 13.8 Å². The van der Waals surface area contributed by atoms with Gasteiger partial charge in [0.25, 0.3) is 0 Å². The van der Waals surface area contributed by atoms with Gasteiger partial charge in [-0.3, -0.25) is 10.4 Å². The molecule has 2 aromatic heterocycles. The lowest BCUT2D eigenvalue weighted by Crippen LogP contribution is -2.44. The van der Waals surface area contributed by atoms with Gasteiger partial charge in [0, 0.05) is 23.6 Å². The molecular formula is C20H23FN5O2. The Balaban J connectivity index is 1.77. The number of fused-ring (bicyclic) bond motifs is 1. The summed E-state index contributed by atoms with van der Waals surface area (Å²) >= 11 is 0. The Kier molecular flexibility index (Phi) is 5.33. The van der Waals surface area contributed by atoms with Gasteiger partial charge in [0.1, 0.15) is 11.6 Å². The first-order valence-electron chi connectivity index (χ1n) is 8.85. The van der Waals surface area contributed by atoms with E-state index in [0.717, 1.165) is 22.5 Å². The number of urea groups is 1. The van der Waals surface area contributed by atoms with E-state index in [0.29, 0.717) is 11.4 Å². The first kappa shape index (κ1) is 19.8. The fraction of sp³-hybridized carbons (Fsp3) is 0.300. The summed E-state index contributed by atoms with van der Waals surface area (Å²) in [5, 5.41) is 23.9. The number of rotatable bonds is 5. The van der Waals surface area contributed by atoms with E-state index < -0.39 is 23.5 Å². The Hall–Kier alpha value is -3.00. The van der Waals surface area contributed by atoms with Crippen LogP contribution in [0, 0.1) is 11.7 Å². The molecule has 7 nitrogen and oxygen atoms in total. The van der Waals surface area contributed by atoms with Crippen LogP contribution in [0.1, 0.15) is 45.0 Å². The van der Waals surface area contributed by atoms with E-state index in [9.17, 15) is 14.3 Å². The molecule has 0 aliphatic carbocycles.